The molecule has 12 aliphatic heterocycles. The molecule has 140 heavy (non-hydrogen) atoms. The summed E-state index contributed by atoms with van der Waals surface area (Å²) < 4.78 is 91.3. The molecule has 16 heterocycles. The van der Waals surface area contributed by atoms with E-state index in [4.69, 9.17) is 51.2 Å². The van der Waals surface area contributed by atoms with Gasteiger partial charge in [-0.25, -0.2) is 75.5 Å². The van der Waals surface area contributed by atoms with Gasteiger partial charge in [-0.2, -0.15) is 78.3 Å². The zero-order chi connectivity index (χ0) is 83.0. The van der Waals surface area contributed by atoms with Crippen molar-refractivity contribution in [3.63, 3.8) is 0 Å². The Morgan fingerprint density at radius 3 is 0.957 bits per heavy atom. The molecule has 0 radical (unpaired) electrons. The summed E-state index contributed by atoms with van der Waals surface area (Å²) in [6.45, 7) is 4.36. The molecule has 18 aliphatic rings. The number of nitrogens with two attached hydrogens (primary N) is 1. The minimum absolute atomic E-state index is 0. The van der Waals surface area contributed by atoms with Crippen molar-refractivity contribution in [3.8, 4) is 0 Å². The van der Waals surface area contributed by atoms with Crippen molar-refractivity contribution in [1.29, 1.82) is 0 Å². The molecule has 790 valence electrons. The summed E-state index contributed by atoms with van der Waals surface area (Å²) in [6.07, 6.45) is 25.6. The van der Waals surface area contributed by atoms with Crippen molar-refractivity contribution in [2.24, 2.45) is 38.3 Å². The number of aryl methyl sites for hydroxylation is 1. The van der Waals surface area contributed by atoms with Crippen LogP contribution in [0.15, 0.2) is 17.7 Å². The van der Waals surface area contributed by atoms with Crippen LogP contribution in [0.2, 0.25) is 0 Å². The molecule has 6 saturated carbocycles. The summed E-state index contributed by atoms with van der Waals surface area (Å²) in [4.78, 5) is 140. The summed E-state index contributed by atoms with van der Waals surface area (Å²) in [5.74, 6) is 5.07. The molecule has 15 atom stereocenters. The third-order valence-corrected chi connectivity index (χ3v) is 27.3. The molecular formula is C75H126N23O27P3S2W10. The molecule has 65 heteroatoms. The zero-order valence-corrected chi connectivity index (χ0v) is 110. The van der Waals surface area contributed by atoms with Gasteiger partial charge >= 0.3 is 168 Å². The molecule has 12 bridgehead atoms. The van der Waals surface area contributed by atoms with Gasteiger partial charge in [-0.15, -0.1) is 18.8 Å². The molecule has 0 aromatic carbocycles. The van der Waals surface area contributed by atoms with E-state index in [1.165, 1.54) is 55.4 Å². The van der Waals surface area contributed by atoms with Gasteiger partial charge in [0.05, 0.1) is 94.4 Å². The van der Waals surface area contributed by atoms with Gasteiger partial charge in [0.15, 0.2) is 0 Å². The van der Waals surface area contributed by atoms with E-state index in [1.54, 1.807) is 35.5 Å². The predicted molar refractivity (Wildman–Crippen MR) is 468 cm³/mol. The second kappa shape index (κ2) is 59.7. The number of piperidine rings is 6. The first-order chi connectivity index (χ1) is 55.8. The topological polar surface area (TPSA) is 611 Å². The maximum atomic E-state index is 12.4. The van der Waals surface area contributed by atoms with Gasteiger partial charge in [-0.1, -0.05) is 43.7 Å². The van der Waals surface area contributed by atoms with E-state index >= 15 is 0 Å². The summed E-state index contributed by atoms with van der Waals surface area (Å²) in [5.41, 5.74) is 1.43. The van der Waals surface area contributed by atoms with Crippen LogP contribution < -0.4 is 16.6 Å². The standard InChI is InChI=1S/C12H16N3O4.C11H14N4O6S.C11H13N4O3.C10H11N4O6S.C10H11N4O3.C10H14N2O4.CH3N2O.5CH4.5CH3.3H3P.10W/c1-19-15-9-7-14(11(15)18)8(6-12(9)2-3-12)10(17)13-4-5-16;1-6-12-13-9(20-6)7-4-11(2-3-11)8-5-14(7)10(16)15(8)21-22(17,18)19;1-17-15-8-5-14(10(15)16)7(4-11(8)2-3-11)9-13-12-6-18-9;15-9-13-4-7(14(9)20-21(16,17)18)10(1-2-10)3-6(13)8-12-11-5-19-8;15-9-13-4-7(14(9)16)10(1-2-10)3-6(13)8-12-11-5-17-8;1-16-12-7-5-11(9(12)15)6(8(13)14)4-10(7)2-3-10;2-3-1-4;;;;;;;;;;;;;;;;;;;;;;;/h8-9H,2-4,6-7H2,1H3,(H,13,17);7-8H,2-5H2,1H3,(H,17,18,19);7-8H,2-5H2,1H3;6-7H,1-4H2,(H,16,17,18);6-7,16H,1-4H2;6-7H,2-5H2,1H3,(H,13,14);2H2,(H,3,4);5*1H4;8*1H3;;;;;;;;;;/q-1;;3*-1;;-1;;;;;;5*-1;;;;;;;;;5*+2. The van der Waals surface area contributed by atoms with Crippen LogP contribution in [0, 0.1) is 95.7 Å². The fourth-order valence-electron chi connectivity index (χ4n) is 19.7. The van der Waals surface area contributed by atoms with E-state index in [0.29, 0.717) is 88.5 Å². The molecule has 50 nitrogen and oxygen atoms in total. The normalized spacial score (nSPS) is 25.7. The minimum atomic E-state index is -4.75. The van der Waals surface area contributed by atoms with Gasteiger partial charge in [-0.05, 0) is 148 Å². The van der Waals surface area contributed by atoms with Crippen molar-refractivity contribution in [2.75, 3.05) is 67.1 Å². The van der Waals surface area contributed by atoms with Gasteiger partial charge in [0.25, 0.3) is 0 Å². The van der Waals surface area contributed by atoms with E-state index < -0.39 is 75.1 Å². The Morgan fingerprint density at radius 2 is 0.693 bits per heavy atom. The van der Waals surface area contributed by atoms with Crippen LogP contribution in [0.1, 0.15) is 206 Å². The largest absolute Gasteiger partial charge is 2.00 e. The Hall–Kier alpha value is -2.03. The number of aromatic nitrogens is 8. The maximum Gasteiger partial charge on any atom is 2.00 e. The number of urea groups is 6. The van der Waals surface area contributed by atoms with Crippen LogP contribution in [-0.4, -0.2) is 313 Å². The van der Waals surface area contributed by atoms with Gasteiger partial charge in [-0.3, -0.25) is 39.5 Å². The summed E-state index contributed by atoms with van der Waals surface area (Å²) in [5, 5.41) is 58.0. The molecule has 15 unspecified atom stereocenters. The third kappa shape index (κ3) is 29.7. The van der Waals surface area contributed by atoms with E-state index in [-0.39, 0.29) is 426 Å². The monoisotopic (exact) mass is 3780 g/mol. The second-order valence-electron chi connectivity index (χ2n) is 32.5. The molecule has 6 aliphatic carbocycles. The predicted octanol–water partition coefficient (Wildman–Crippen LogP) is 5.55. The number of fused-ring (bicyclic) bond motifs is 18. The van der Waals surface area contributed by atoms with Gasteiger partial charge in [0, 0.05) is 170 Å². The number of carbonyl (C=O) groups excluding carboxylic acids is 9. The zero-order valence-electron chi connectivity index (χ0n) is 74.3. The Labute approximate surface area is 971 Å². The molecular weight excluding hydrogens is 3650 g/mol. The first kappa shape index (κ1) is 153. The SMILES string of the molecule is C.C.C.C.C.CON1C(=O)N2CC1C1(CC1)CC2C(=O)NC[C-]=O.CON1C(=O)N2CC1C1(CC1)CC2C(=O)O.CON1C(=O)N2CC1C1(CC1)CC2c1nn[c-]o1.Cc1nnc(C2CC3(CC3)C3CN2C(=O)N3OS(=O)(=O)O)o1.NN[C-]=O.O=C1N(O)C2CN1C(c1nn[c-]o1)CC21CC1.O=C1N2CC(N1OS(=O)(=O)O)C1(CC1)CC2c1nn[c-]o1.P.P.P.[CH3-].[CH3-].[CH3-].[CH3-].[CH3-].[W+2].[W+2].[W+2].[W+2].[W+2].[W].[W].[W].[W].[W]. The summed E-state index contributed by atoms with van der Waals surface area (Å²) >= 11 is 0. The van der Waals surface area contributed by atoms with Gasteiger partial charge < -0.3 is 110 Å². The Kier molecular flexibility index (Phi) is 65.3. The number of hydrogen-bond acceptors (Lipinski definition) is 33. The van der Waals surface area contributed by atoms with Crippen LogP contribution >= 0.6 is 29.7 Å². The Balaban J connectivity index is -0.000000240. The van der Waals surface area contributed by atoms with Crippen LogP contribution in [0.5, 0.6) is 0 Å². The van der Waals surface area contributed by atoms with Crippen molar-refractivity contribution < 1.29 is 336 Å². The molecule has 22 rings (SSSR count). The average Bonchev–Trinajstić information content (AvgIpc) is 1.56. The third-order valence-electron chi connectivity index (χ3n) is 26.6. The minimum Gasteiger partial charge on any atom is -0.611 e. The van der Waals surface area contributed by atoms with Crippen LogP contribution in [-0.2, 0) is 274 Å². The maximum absolute atomic E-state index is 12.4. The van der Waals surface area contributed by atoms with Crippen molar-refractivity contribution in [3.05, 3.63) is 85.8 Å². The number of nitrogens with zero attached hydrogens (tertiary/aromatic N) is 20. The quantitative estimate of drug-likeness (QED) is 0.0106. The smallest absolute Gasteiger partial charge is 0.611 e. The molecule has 8 N–H and O–H groups in total. The van der Waals surface area contributed by atoms with E-state index in [2.05, 4.69) is 79.7 Å². The van der Waals surface area contributed by atoms with Crippen molar-refractivity contribution in [1.82, 2.24) is 111 Å². The Bertz CT molecular complexity index is 4820. The number of amides is 14. The summed E-state index contributed by atoms with van der Waals surface area (Å²) in [7, 11) is -5.02. The number of hydroxylamine groups is 12. The van der Waals surface area contributed by atoms with Crippen molar-refractivity contribution >= 4 is 111 Å². The van der Waals surface area contributed by atoms with Crippen LogP contribution in [0.25, 0.3) is 0 Å². The number of carboxylic acids is 1. The average molecular weight is 3780 g/mol. The molecule has 4 aromatic heterocycles. The first-order valence-corrected chi connectivity index (χ1v) is 40.3. The number of hydrazine groups is 1. The number of carbonyl (C=O) groups is 8. The van der Waals surface area contributed by atoms with E-state index in [0.717, 1.165) is 105 Å². The second-order valence-corrected chi connectivity index (χ2v) is 34.5. The molecule has 14 amide bonds. The molecule has 4 aromatic rings. The number of hydrogen-bond donors (Lipinski definition) is 7. The van der Waals surface area contributed by atoms with Gasteiger partial charge in [0.2, 0.25) is 17.7 Å². The number of carboxylic acid groups (broad SMARTS) is 1. The number of nitrogens with one attached hydrogen (secondary N) is 2. The Morgan fingerprint density at radius 1 is 0.436 bits per heavy atom. The fraction of sp³-hybridized carbons (Fsp3) is 0.693. The first-order valence-electron chi connectivity index (χ1n) is 37.6. The molecule has 18 fully saturated rings. The number of rotatable bonds is 16. The van der Waals surface area contributed by atoms with Crippen LogP contribution in [0.3, 0.4) is 0 Å². The van der Waals surface area contributed by atoms with E-state index in [1.807, 2.05) is 0 Å². The molecule has 12 saturated heterocycles. The van der Waals surface area contributed by atoms with E-state index in [9.17, 15) is 65.2 Å². The molecule has 6 spiro atoms. The summed E-state index contributed by atoms with van der Waals surface area (Å²) in [6, 6.07) is -5.24. The van der Waals surface area contributed by atoms with Gasteiger partial charge in [0.1, 0.15) is 18.1 Å². The van der Waals surface area contributed by atoms with Crippen molar-refractivity contribution in [2.45, 2.75) is 232 Å². The van der Waals surface area contributed by atoms with Crippen LogP contribution in [0.4, 0.5) is 28.8 Å². The fourth-order valence-corrected chi connectivity index (χ4v) is 20.4. The number of aliphatic carboxylic acids is 1.